The van der Waals surface area contributed by atoms with Crippen LogP contribution in [0, 0.1) is 0 Å². The number of hydrogen-bond donors (Lipinski definition) is 3. The Morgan fingerprint density at radius 2 is 0.734 bits per heavy atom. The van der Waals surface area contributed by atoms with E-state index in [-0.39, 0.29) is 18.5 Å². The molecule has 0 saturated heterocycles. The molecule has 0 bridgehead atoms. The minimum Gasteiger partial charge on any atom is -0.466 e. The predicted octanol–water partition coefficient (Wildman–Crippen LogP) is 17.5. The number of unbranched alkanes of at least 4 members (excludes halogenated alkanes) is 38. The molecule has 0 saturated carbocycles. The van der Waals surface area contributed by atoms with E-state index in [9.17, 15) is 19.8 Å². The fraction of sp³-hybridized carbons (Fsp3) is 0.897. The van der Waals surface area contributed by atoms with Gasteiger partial charge in [0.25, 0.3) is 0 Å². The Balaban J connectivity index is 3.50. The van der Waals surface area contributed by atoms with Crippen LogP contribution >= 0.6 is 0 Å². The van der Waals surface area contributed by atoms with Crippen LogP contribution in [0.15, 0.2) is 24.3 Å². The summed E-state index contributed by atoms with van der Waals surface area (Å²) >= 11 is 0. The highest BCUT2D eigenvalue weighted by molar-refractivity contribution is 5.76. The van der Waals surface area contributed by atoms with Crippen molar-refractivity contribution in [1.29, 1.82) is 0 Å². The van der Waals surface area contributed by atoms with Gasteiger partial charge in [-0.1, -0.05) is 244 Å². The Morgan fingerprint density at radius 1 is 0.422 bits per heavy atom. The third-order valence-corrected chi connectivity index (χ3v) is 13.2. The highest BCUT2D eigenvalue weighted by Crippen LogP contribution is 2.17. The van der Waals surface area contributed by atoms with E-state index >= 15 is 0 Å². The number of ether oxygens (including phenoxy) is 1. The number of aliphatic hydroxyl groups is 2. The summed E-state index contributed by atoms with van der Waals surface area (Å²) in [6, 6.07) is -0.563. The van der Waals surface area contributed by atoms with E-state index < -0.39 is 12.1 Å². The maximum absolute atomic E-state index is 12.5. The van der Waals surface area contributed by atoms with Crippen LogP contribution in [0.5, 0.6) is 0 Å². The van der Waals surface area contributed by atoms with Crippen molar-refractivity contribution in [3.05, 3.63) is 24.3 Å². The van der Waals surface area contributed by atoms with Gasteiger partial charge in [-0.15, -0.1) is 0 Å². The van der Waals surface area contributed by atoms with Crippen molar-refractivity contribution >= 4 is 11.9 Å². The molecule has 1 amide bonds. The molecule has 2 unspecified atom stereocenters. The number of carbonyl (C=O) groups excluding carboxylic acids is 2. The van der Waals surface area contributed by atoms with Crippen molar-refractivity contribution in [1.82, 2.24) is 5.32 Å². The van der Waals surface area contributed by atoms with E-state index in [2.05, 4.69) is 43.5 Å². The normalized spacial score (nSPS) is 12.8. The molecular weight excluding hydrogens is 791 g/mol. The molecule has 0 aliphatic rings. The average Bonchev–Trinajstić information content (AvgIpc) is 3.29. The zero-order chi connectivity index (χ0) is 46.5. The molecule has 0 fully saturated rings. The van der Waals surface area contributed by atoms with Crippen LogP contribution in [0.4, 0.5) is 0 Å². The number of carbonyl (C=O) groups is 2. The number of rotatable bonds is 53. The number of aliphatic hydroxyl groups excluding tert-OH is 2. The van der Waals surface area contributed by atoms with Gasteiger partial charge in [-0.3, -0.25) is 9.59 Å². The van der Waals surface area contributed by atoms with Gasteiger partial charge in [0.2, 0.25) is 5.91 Å². The second-order valence-electron chi connectivity index (χ2n) is 19.6. The zero-order valence-corrected chi connectivity index (χ0v) is 43.0. The summed E-state index contributed by atoms with van der Waals surface area (Å²) in [4.78, 5) is 24.5. The van der Waals surface area contributed by atoms with Gasteiger partial charge < -0.3 is 20.3 Å². The second-order valence-corrected chi connectivity index (χ2v) is 19.6. The molecule has 3 N–H and O–H groups in total. The van der Waals surface area contributed by atoms with Crippen molar-refractivity contribution in [2.45, 2.75) is 321 Å². The highest BCUT2D eigenvalue weighted by atomic mass is 16.5. The van der Waals surface area contributed by atoms with Gasteiger partial charge in [0.1, 0.15) is 0 Å². The lowest BCUT2D eigenvalue weighted by Crippen LogP contribution is -2.45. The molecule has 0 aliphatic carbocycles. The van der Waals surface area contributed by atoms with E-state index in [1.165, 1.54) is 205 Å². The monoisotopic (exact) mass is 902 g/mol. The largest absolute Gasteiger partial charge is 0.466 e. The molecule has 378 valence electrons. The second kappa shape index (κ2) is 54.0. The van der Waals surface area contributed by atoms with Crippen LogP contribution in [0.2, 0.25) is 0 Å². The van der Waals surface area contributed by atoms with Gasteiger partial charge in [-0.2, -0.15) is 0 Å². The Morgan fingerprint density at radius 3 is 1.14 bits per heavy atom. The molecular formula is C58H111NO5. The maximum Gasteiger partial charge on any atom is 0.305 e. The van der Waals surface area contributed by atoms with Crippen molar-refractivity contribution in [3.8, 4) is 0 Å². The number of hydrogen-bond acceptors (Lipinski definition) is 5. The number of nitrogens with one attached hydrogen (secondary N) is 1. The van der Waals surface area contributed by atoms with Crippen LogP contribution in [0.1, 0.15) is 309 Å². The van der Waals surface area contributed by atoms with Crippen LogP contribution in [0.25, 0.3) is 0 Å². The summed E-state index contributed by atoms with van der Waals surface area (Å²) in [5, 5.41) is 23.3. The van der Waals surface area contributed by atoms with E-state index in [1.54, 1.807) is 0 Å². The summed E-state index contributed by atoms with van der Waals surface area (Å²) in [5.41, 5.74) is 0. The molecule has 0 radical (unpaired) electrons. The summed E-state index contributed by atoms with van der Waals surface area (Å²) in [6.45, 7) is 4.91. The smallest absolute Gasteiger partial charge is 0.305 e. The summed E-state index contributed by atoms with van der Waals surface area (Å²) in [7, 11) is 0. The third kappa shape index (κ3) is 49.8. The van der Waals surface area contributed by atoms with E-state index in [0.717, 1.165) is 70.6 Å². The first kappa shape index (κ1) is 62.3. The molecule has 64 heavy (non-hydrogen) atoms. The summed E-state index contributed by atoms with van der Waals surface area (Å²) in [6.07, 6.45) is 64.5. The fourth-order valence-corrected chi connectivity index (χ4v) is 8.81. The average molecular weight is 903 g/mol. The van der Waals surface area contributed by atoms with Gasteiger partial charge >= 0.3 is 5.97 Å². The van der Waals surface area contributed by atoms with Gasteiger partial charge in [-0.05, 0) is 77.0 Å². The van der Waals surface area contributed by atoms with Gasteiger partial charge in [-0.25, -0.2) is 0 Å². The molecule has 0 aromatic carbocycles. The van der Waals surface area contributed by atoms with Gasteiger partial charge in [0.05, 0.1) is 25.4 Å². The van der Waals surface area contributed by atoms with Crippen LogP contribution < -0.4 is 5.32 Å². The molecule has 0 aromatic heterocycles. The quantitative estimate of drug-likeness (QED) is 0.0321. The van der Waals surface area contributed by atoms with E-state index in [4.69, 9.17) is 4.74 Å². The summed E-state index contributed by atoms with van der Waals surface area (Å²) in [5.74, 6) is -0.0841. The van der Waals surface area contributed by atoms with E-state index in [1.807, 2.05) is 0 Å². The van der Waals surface area contributed by atoms with Crippen molar-refractivity contribution < 1.29 is 24.5 Å². The number of esters is 1. The lowest BCUT2D eigenvalue weighted by atomic mass is 10.0. The Kier molecular flexibility index (Phi) is 52.6. The van der Waals surface area contributed by atoms with Gasteiger partial charge in [0, 0.05) is 12.8 Å². The van der Waals surface area contributed by atoms with Gasteiger partial charge in [0.15, 0.2) is 0 Å². The van der Waals surface area contributed by atoms with Crippen LogP contribution in [-0.4, -0.2) is 47.4 Å². The molecule has 0 rings (SSSR count). The Labute approximate surface area is 399 Å². The number of amides is 1. The van der Waals surface area contributed by atoms with E-state index in [0.29, 0.717) is 25.9 Å². The highest BCUT2D eigenvalue weighted by Gasteiger charge is 2.20. The van der Waals surface area contributed by atoms with Crippen molar-refractivity contribution in [2.75, 3.05) is 13.2 Å². The lowest BCUT2D eigenvalue weighted by molar-refractivity contribution is -0.143. The fourth-order valence-electron chi connectivity index (χ4n) is 8.81. The molecule has 0 aromatic rings. The lowest BCUT2D eigenvalue weighted by Gasteiger charge is -2.22. The minimum atomic E-state index is -0.682. The van der Waals surface area contributed by atoms with Crippen LogP contribution in [-0.2, 0) is 14.3 Å². The SMILES string of the molecule is CCCCCC/C=C\CCCCCCCC(=O)OCCCCCCCC/C=C\CCCCCC(=O)NC(CO)C(O)CCCCCCCCCCCCCCCCCCCCCCC. The third-order valence-electron chi connectivity index (χ3n) is 13.2. The Hall–Kier alpha value is -1.66. The topological polar surface area (TPSA) is 95.9 Å². The molecule has 6 nitrogen and oxygen atoms in total. The number of allylic oxidation sites excluding steroid dienone is 4. The first-order valence-corrected chi connectivity index (χ1v) is 28.6. The van der Waals surface area contributed by atoms with Crippen molar-refractivity contribution in [3.63, 3.8) is 0 Å². The minimum absolute atomic E-state index is 0.0213. The first-order valence-electron chi connectivity index (χ1n) is 28.6. The Bertz CT molecular complexity index is 997. The summed E-state index contributed by atoms with van der Waals surface area (Å²) < 4.78 is 5.45. The molecule has 2 atom stereocenters. The predicted molar refractivity (Wildman–Crippen MR) is 278 cm³/mol. The van der Waals surface area contributed by atoms with Crippen molar-refractivity contribution in [2.24, 2.45) is 0 Å². The maximum atomic E-state index is 12.5. The van der Waals surface area contributed by atoms with Crippen LogP contribution in [0.3, 0.4) is 0 Å². The standard InChI is InChI=1S/C58H111NO5/c1-3-5-7-9-11-13-15-17-18-19-20-21-22-23-24-27-30-34-38-42-46-50-56(61)55(54-60)59-57(62)51-47-43-39-35-31-28-25-29-33-37-41-45-49-53-64-58(63)52-48-44-40-36-32-26-16-14-12-10-8-6-4-2/h14,16,28,31,55-56,60-61H,3-13,15,17-27,29-30,32-54H2,1-2H3,(H,59,62)/b16-14-,31-28-. The molecule has 0 aliphatic heterocycles. The molecule has 6 heteroatoms. The molecule has 0 spiro atoms. The zero-order valence-electron chi connectivity index (χ0n) is 43.0. The first-order chi connectivity index (χ1) is 31.5. The molecule has 0 heterocycles.